The van der Waals surface area contributed by atoms with Gasteiger partial charge in [-0.3, -0.25) is 4.79 Å². The third kappa shape index (κ3) is 4.62. The molecule has 0 saturated carbocycles. The zero-order valence-electron chi connectivity index (χ0n) is 11.0. The molecule has 8 heteroatoms. The number of thioether (sulfide) groups is 1. The lowest BCUT2D eigenvalue weighted by Crippen LogP contribution is -2.38. The standard InChI is InChI=1S/C13H14F2N2O2S2/c14-11(15)7-17(5-6-18)12(19)8-20-13-16-9-3-1-2-4-10(9)21-13/h1-4,11,18H,5-8H2. The molecular formula is C13H14F2N2O2S2. The highest BCUT2D eigenvalue weighted by atomic mass is 32.2. The zero-order valence-corrected chi connectivity index (χ0v) is 12.7. The van der Waals surface area contributed by atoms with Gasteiger partial charge in [-0.05, 0) is 12.1 Å². The first kappa shape index (κ1) is 16.1. The molecule has 0 bridgehead atoms. The number of carbonyl (C=O) groups excluding carboxylic acids is 1. The largest absolute Gasteiger partial charge is 0.395 e. The first-order chi connectivity index (χ1) is 10.1. The maximum absolute atomic E-state index is 12.4. The molecular weight excluding hydrogens is 318 g/mol. The average Bonchev–Trinajstić information content (AvgIpc) is 2.86. The molecule has 0 spiro atoms. The van der Waals surface area contributed by atoms with E-state index in [-0.39, 0.29) is 18.9 Å². The lowest BCUT2D eigenvalue weighted by Gasteiger charge is -2.20. The van der Waals surface area contributed by atoms with Crippen LogP contribution in [0.15, 0.2) is 28.6 Å². The van der Waals surface area contributed by atoms with E-state index in [1.807, 2.05) is 24.3 Å². The van der Waals surface area contributed by atoms with Crippen LogP contribution in [0.25, 0.3) is 10.2 Å². The van der Waals surface area contributed by atoms with E-state index in [0.29, 0.717) is 0 Å². The zero-order chi connectivity index (χ0) is 15.2. The molecule has 0 atom stereocenters. The molecule has 21 heavy (non-hydrogen) atoms. The maximum Gasteiger partial charge on any atom is 0.255 e. The van der Waals surface area contributed by atoms with Gasteiger partial charge in [0.25, 0.3) is 6.43 Å². The van der Waals surface area contributed by atoms with E-state index >= 15 is 0 Å². The fourth-order valence-corrected chi connectivity index (χ4v) is 3.70. The number of aromatic nitrogens is 1. The number of para-hydroxylation sites is 1. The van der Waals surface area contributed by atoms with Crippen molar-refractivity contribution < 1.29 is 18.7 Å². The number of aliphatic hydroxyl groups is 1. The van der Waals surface area contributed by atoms with Crippen LogP contribution in [0, 0.1) is 0 Å². The number of carbonyl (C=O) groups is 1. The molecule has 1 aromatic heterocycles. The van der Waals surface area contributed by atoms with E-state index in [4.69, 9.17) is 5.11 Å². The summed E-state index contributed by atoms with van der Waals surface area (Å²) in [5, 5.41) is 8.82. The highest BCUT2D eigenvalue weighted by Gasteiger charge is 2.18. The summed E-state index contributed by atoms with van der Waals surface area (Å²) in [7, 11) is 0. The molecule has 0 fully saturated rings. The Kier molecular flexibility index (Phi) is 5.89. The fourth-order valence-electron chi connectivity index (χ4n) is 1.73. The number of benzene rings is 1. The number of halogens is 2. The van der Waals surface area contributed by atoms with Gasteiger partial charge in [0.2, 0.25) is 5.91 Å². The predicted molar refractivity (Wildman–Crippen MR) is 80.0 cm³/mol. The molecule has 114 valence electrons. The van der Waals surface area contributed by atoms with Crippen molar-refractivity contribution in [1.29, 1.82) is 0 Å². The van der Waals surface area contributed by atoms with E-state index in [1.54, 1.807) is 0 Å². The van der Waals surface area contributed by atoms with Crippen LogP contribution in [0.4, 0.5) is 8.78 Å². The van der Waals surface area contributed by atoms with E-state index in [0.717, 1.165) is 19.5 Å². The van der Waals surface area contributed by atoms with Gasteiger partial charge >= 0.3 is 0 Å². The monoisotopic (exact) mass is 332 g/mol. The smallest absolute Gasteiger partial charge is 0.255 e. The SMILES string of the molecule is O=C(CSc1nc2ccccc2s1)N(CCO)CC(F)F. The third-order valence-electron chi connectivity index (χ3n) is 2.67. The molecule has 0 saturated heterocycles. The first-order valence-corrected chi connectivity index (χ1v) is 8.05. The van der Waals surface area contributed by atoms with Crippen molar-refractivity contribution in [2.45, 2.75) is 10.8 Å². The van der Waals surface area contributed by atoms with Crippen molar-refractivity contribution in [3.63, 3.8) is 0 Å². The second kappa shape index (κ2) is 7.67. The van der Waals surface area contributed by atoms with Crippen LogP contribution in [0.1, 0.15) is 0 Å². The number of rotatable bonds is 7. The van der Waals surface area contributed by atoms with E-state index < -0.39 is 18.9 Å². The third-order valence-corrected chi connectivity index (χ3v) is 4.84. The molecule has 1 heterocycles. The minimum absolute atomic E-state index is 0.0343. The number of hydrogen-bond donors (Lipinski definition) is 1. The average molecular weight is 332 g/mol. The molecule has 0 aliphatic rings. The Labute approximate surface area is 128 Å². The summed E-state index contributed by atoms with van der Waals surface area (Å²) in [6, 6.07) is 7.61. The Morgan fingerprint density at radius 2 is 2.19 bits per heavy atom. The second-order valence-electron chi connectivity index (χ2n) is 4.19. The van der Waals surface area contributed by atoms with Gasteiger partial charge in [0.1, 0.15) is 0 Å². The summed E-state index contributed by atoms with van der Waals surface area (Å²) in [5.41, 5.74) is 0.859. The Morgan fingerprint density at radius 3 is 2.86 bits per heavy atom. The molecule has 0 unspecified atom stereocenters. The molecule has 2 rings (SSSR count). The summed E-state index contributed by atoms with van der Waals surface area (Å²) in [6.07, 6.45) is -2.60. The van der Waals surface area contributed by atoms with Crippen molar-refractivity contribution >= 4 is 39.2 Å². The van der Waals surface area contributed by atoms with Crippen LogP contribution in [0.2, 0.25) is 0 Å². The Hall–Kier alpha value is -1.25. The number of thiazole rings is 1. The van der Waals surface area contributed by atoms with Crippen molar-refractivity contribution in [2.75, 3.05) is 25.4 Å². The van der Waals surface area contributed by atoms with Crippen molar-refractivity contribution in [3.05, 3.63) is 24.3 Å². The Bertz CT molecular complexity index is 574. The number of fused-ring (bicyclic) bond motifs is 1. The van der Waals surface area contributed by atoms with Gasteiger partial charge in [0, 0.05) is 6.54 Å². The maximum atomic E-state index is 12.4. The first-order valence-electron chi connectivity index (χ1n) is 6.25. The Balaban J connectivity index is 1.95. The summed E-state index contributed by atoms with van der Waals surface area (Å²) in [5.74, 6) is -0.388. The predicted octanol–water partition coefficient (Wildman–Crippen LogP) is 2.47. The summed E-state index contributed by atoms with van der Waals surface area (Å²) < 4.78 is 26.5. The van der Waals surface area contributed by atoms with E-state index in [9.17, 15) is 13.6 Å². The molecule has 1 aromatic carbocycles. The lowest BCUT2D eigenvalue weighted by molar-refractivity contribution is -0.130. The molecule has 1 N–H and O–H groups in total. The molecule has 0 radical (unpaired) electrons. The van der Waals surface area contributed by atoms with Crippen LogP contribution < -0.4 is 0 Å². The summed E-state index contributed by atoms with van der Waals surface area (Å²) >= 11 is 2.69. The van der Waals surface area contributed by atoms with Gasteiger partial charge in [-0.2, -0.15) is 0 Å². The second-order valence-corrected chi connectivity index (χ2v) is 6.44. The lowest BCUT2D eigenvalue weighted by atomic mass is 10.3. The van der Waals surface area contributed by atoms with Crippen molar-refractivity contribution in [1.82, 2.24) is 9.88 Å². The Morgan fingerprint density at radius 1 is 1.43 bits per heavy atom. The van der Waals surface area contributed by atoms with Crippen LogP contribution >= 0.6 is 23.1 Å². The number of alkyl halides is 2. The summed E-state index contributed by atoms with van der Waals surface area (Å²) in [6.45, 7) is -1.06. The highest BCUT2D eigenvalue weighted by Crippen LogP contribution is 2.29. The highest BCUT2D eigenvalue weighted by molar-refractivity contribution is 8.01. The van der Waals surface area contributed by atoms with Gasteiger partial charge in [0.15, 0.2) is 4.34 Å². The van der Waals surface area contributed by atoms with Gasteiger partial charge in [0.05, 0.1) is 29.1 Å². The van der Waals surface area contributed by atoms with E-state index in [1.165, 1.54) is 23.1 Å². The van der Waals surface area contributed by atoms with Gasteiger partial charge in [-0.15, -0.1) is 11.3 Å². The normalized spacial score (nSPS) is 11.2. The topological polar surface area (TPSA) is 53.4 Å². The number of nitrogens with zero attached hydrogens (tertiary/aromatic N) is 2. The molecule has 0 aliphatic heterocycles. The van der Waals surface area contributed by atoms with Crippen LogP contribution in [0.3, 0.4) is 0 Å². The van der Waals surface area contributed by atoms with Gasteiger partial charge in [-0.1, -0.05) is 23.9 Å². The van der Waals surface area contributed by atoms with Crippen LogP contribution in [-0.2, 0) is 4.79 Å². The molecule has 4 nitrogen and oxygen atoms in total. The number of aliphatic hydroxyl groups excluding tert-OH is 1. The van der Waals surface area contributed by atoms with Gasteiger partial charge < -0.3 is 10.0 Å². The van der Waals surface area contributed by atoms with Crippen molar-refractivity contribution in [2.24, 2.45) is 0 Å². The van der Waals surface area contributed by atoms with Crippen molar-refractivity contribution in [3.8, 4) is 0 Å². The molecule has 2 aromatic rings. The fraction of sp³-hybridized carbons (Fsp3) is 0.385. The molecule has 1 amide bonds. The minimum atomic E-state index is -2.60. The van der Waals surface area contributed by atoms with E-state index in [2.05, 4.69) is 4.98 Å². The summed E-state index contributed by atoms with van der Waals surface area (Å²) in [4.78, 5) is 17.2. The minimum Gasteiger partial charge on any atom is -0.395 e. The van der Waals surface area contributed by atoms with Gasteiger partial charge in [-0.25, -0.2) is 13.8 Å². The van der Waals surface area contributed by atoms with Crippen LogP contribution in [0.5, 0.6) is 0 Å². The quantitative estimate of drug-likeness (QED) is 0.792. The van der Waals surface area contributed by atoms with Crippen LogP contribution in [-0.4, -0.2) is 52.8 Å². The number of hydrogen-bond acceptors (Lipinski definition) is 5. The molecule has 0 aliphatic carbocycles. The number of amides is 1.